The van der Waals surface area contributed by atoms with E-state index in [1.54, 1.807) is 4.57 Å². The molecule has 0 N–H and O–H groups in total. The van der Waals surface area contributed by atoms with Crippen LogP contribution in [0.4, 0.5) is 17.6 Å². The molecule has 1 aromatic heterocycles. The molecule has 0 aliphatic carbocycles. The van der Waals surface area contributed by atoms with Gasteiger partial charge >= 0.3 is 6.18 Å². The first-order valence-electron chi connectivity index (χ1n) is 8.46. The zero-order valence-corrected chi connectivity index (χ0v) is 16.6. The molecule has 0 fully saturated rings. The maximum Gasteiger partial charge on any atom is 0.419 e. The van der Waals surface area contributed by atoms with Crippen LogP contribution >= 0.6 is 11.3 Å². The smallest absolute Gasteiger partial charge is 0.323 e. The second-order valence-corrected chi connectivity index (χ2v) is 8.77. The van der Waals surface area contributed by atoms with Crippen molar-refractivity contribution in [2.24, 2.45) is 10.9 Å². The standard InChI is InChI=1S/C19H22F4N2OS/c1-11(2)9-25-10-14(18(3,4)5)27-17(25)24-16(26)12-7-6-8-13(15(12)20)19(21,22)23/h6-8,10-11H,9H2,1-5H3. The molecule has 2 rings (SSSR count). The highest BCUT2D eigenvalue weighted by Gasteiger charge is 2.35. The molecule has 0 saturated carbocycles. The molecule has 0 bridgehead atoms. The lowest BCUT2D eigenvalue weighted by atomic mass is 9.95. The highest BCUT2D eigenvalue weighted by molar-refractivity contribution is 7.09. The Morgan fingerprint density at radius 2 is 1.85 bits per heavy atom. The molecule has 1 amide bonds. The fourth-order valence-electron chi connectivity index (χ4n) is 2.40. The Morgan fingerprint density at radius 1 is 1.22 bits per heavy atom. The van der Waals surface area contributed by atoms with Crippen molar-refractivity contribution < 1.29 is 22.4 Å². The third-order valence-corrected chi connectivity index (χ3v) is 5.20. The van der Waals surface area contributed by atoms with Crippen LogP contribution in [-0.4, -0.2) is 10.5 Å². The quantitative estimate of drug-likeness (QED) is 0.633. The molecule has 0 atom stereocenters. The molecule has 1 heterocycles. The van der Waals surface area contributed by atoms with Gasteiger partial charge in [-0.15, -0.1) is 11.3 Å². The number of hydrogen-bond donors (Lipinski definition) is 0. The summed E-state index contributed by atoms with van der Waals surface area (Å²) in [5.41, 5.74) is -2.34. The fourth-order valence-corrected chi connectivity index (χ4v) is 3.46. The monoisotopic (exact) mass is 402 g/mol. The summed E-state index contributed by atoms with van der Waals surface area (Å²) in [4.78, 5) is 17.7. The molecule has 0 radical (unpaired) electrons. The number of thiazole rings is 1. The van der Waals surface area contributed by atoms with Crippen LogP contribution in [0.25, 0.3) is 0 Å². The lowest BCUT2D eigenvalue weighted by Crippen LogP contribution is -2.19. The lowest BCUT2D eigenvalue weighted by molar-refractivity contribution is -0.140. The molecule has 0 aliphatic heterocycles. The van der Waals surface area contributed by atoms with E-state index >= 15 is 0 Å². The molecule has 2 aromatic rings. The third-order valence-electron chi connectivity index (χ3n) is 3.75. The summed E-state index contributed by atoms with van der Waals surface area (Å²) in [6, 6.07) is 2.63. The molecule has 1 aromatic carbocycles. The Balaban J connectivity index is 2.56. The average molecular weight is 402 g/mol. The van der Waals surface area contributed by atoms with Gasteiger partial charge < -0.3 is 4.57 Å². The SMILES string of the molecule is CC(C)Cn1cc(C(C)(C)C)sc1=NC(=O)c1cccc(C(F)(F)F)c1F. The highest BCUT2D eigenvalue weighted by atomic mass is 32.1. The number of alkyl halides is 3. The summed E-state index contributed by atoms with van der Waals surface area (Å²) in [5, 5.41) is 0. The van der Waals surface area contributed by atoms with E-state index in [-0.39, 0.29) is 11.3 Å². The Hall–Kier alpha value is -1.96. The number of aromatic nitrogens is 1. The number of hydrogen-bond acceptors (Lipinski definition) is 2. The van der Waals surface area contributed by atoms with Gasteiger partial charge in [0, 0.05) is 17.6 Å². The van der Waals surface area contributed by atoms with Gasteiger partial charge in [0.1, 0.15) is 5.82 Å². The van der Waals surface area contributed by atoms with Gasteiger partial charge in [0.05, 0.1) is 11.1 Å². The van der Waals surface area contributed by atoms with Crippen LogP contribution in [0.3, 0.4) is 0 Å². The van der Waals surface area contributed by atoms with Crippen molar-refractivity contribution >= 4 is 17.2 Å². The second kappa shape index (κ2) is 7.58. The summed E-state index contributed by atoms with van der Waals surface area (Å²) >= 11 is 1.28. The van der Waals surface area contributed by atoms with E-state index in [1.807, 2.05) is 40.8 Å². The van der Waals surface area contributed by atoms with E-state index in [0.29, 0.717) is 17.4 Å². The molecular weight excluding hydrogens is 380 g/mol. The number of carbonyl (C=O) groups is 1. The summed E-state index contributed by atoms with van der Waals surface area (Å²) in [7, 11) is 0. The second-order valence-electron chi connectivity index (χ2n) is 7.76. The average Bonchev–Trinajstić information content (AvgIpc) is 2.88. The van der Waals surface area contributed by atoms with Gasteiger partial charge in [0.15, 0.2) is 4.80 Å². The predicted molar refractivity (Wildman–Crippen MR) is 97.1 cm³/mol. The molecule has 0 aliphatic rings. The molecular formula is C19H22F4N2OS. The summed E-state index contributed by atoms with van der Waals surface area (Å²) in [6.07, 6.45) is -2.99. The van der Waals surface area contributed by atoms with Crippen molar-refractivity contribution in [1.29, 1.82) is 0 Å². The highest BCUT2D eigenvalue weighted by Crippen LogP contribution is 2.32. The number of halogens is 4. The predicted octanol–water partition coefficient (Wildman–Crippen LogP) is 5.40. The number of carbonyl (C=O) groups excluding carboxylic acids is 1. The van der Waals surface area contributed by atoms with E-state index in [0.717, 1.165) is 17.0 Å². The largest absolute Gasteiger partial charge is 0.419 e. The van der Waals surface area contributed by atoms with E-state index in [9.17, 15) is 22.4 Å². The number of rotatable bonds is 3. The zero-order chi connectivity index (χ0) is 20.6. The van der Waals surface area contributed by atoms with E-state index in [2.05, 4.69) is 4.99 Å². The van der Waals surface area contributed by atoms with Crippen molar-refractivity contribution in [2.75, 3.05) is 0 Å². The molecule has 0 spiro atoms. The topological polar surface area (TPSA) is 34.4 Å². The first-order valence-corrected chi connectivity index (χ1v) is 9.28. The molecule has 0 saturated heterocycles. The summed E-state index contributed by atoms with van der Waals surface area (Å²) in [6.45, 7) is 10.6. The van der Waals surface area contributed by atoms with Crippen LogP contribution in [0.2, 0.25) is 0 Å². The van der Waals surface area contributed by atoms with Crippen LogP contribution < -0.4 is 4.80 Å². The van der Waals surface area contributed by atoms with Crippen LogP contribution in [0.15, 0.2) is 29.4 Å². The molecule has 8 heteroatoms. The van der Waals surface area contributed by atoms with Crippen molar-refractivity contribution in [3.63, 3.8) is 0 Å². The van der Waals surface area contributed by atoms with Crippen LogP contribution in [-0.2, 0) is 18.1 Å². The van der Waals surface area contributed by atoms with Crippen molar-refractivity contribution in [2.45, 2.75) is 52.8 Å². The van der Waals surface area contributed by atoms with Crippen LogP contribution in [0.1, 0.15) is 55.4 Å². The Bertz CT molecular complexity index is 902. The summed E-state index contributed by atoms with van der Waals surface area (Å²) < 4.78 is 54.6. The summed E-state index contributed by atoms with van der Waals surface area (Å²) in [5.74, 6) is -2.35. The van der Waals surface area contributed by atoms with Gasteiger partial charge in [-0.05, 0) is 23.5 Å². The van der Waals surface area contributed by atoms with E-state index in [4.69, 9.17) is 0 Å². The van der Waals surface area contributed by atoms with E-state index < -0.39 is 29.0 Å². The van der Waals surface area contributed by atoms with Crippen molar-refractivity contribution in [3.05, 3.63) is 51.0 Å². The van der Waals surface area contributed by atoms with Gasteiger partial charge in [-0.25, -0.2) is 4.39 Å². The van der Waals surface area contributed by atoms with Gasteiger partial charge in [0.2, 0.25) is 0 Å². The molecule has 0 unspecified atom stereocenters. The first-order chi connectivity index (χ1) is 12.3. The maximum absolute atomic E-state index is 14.2. The van der Waals surface area contributed by atoms with Gasteiger partial charge in [0.25, 0.3) is 5.91 Å². The fraction of sp³-hybridized carbons (Fsp3) is 0.474. The minimum absolute atomic E-state index is 0.179. The van der Waals surface area contributed by atoms with Crippen molar-refractivity contribution in [3.8, 4) is 0 Å². The van der Waals surface area contributed by atoms with Gasteiger partial charge in [-0.1, -0.05) is 40.7 Å². The first kappa shape index (κ1) is 21.3. The van der Waals surface area contributed by atoms with Crippen LogP contribution in [0.5, 0.6) is 0 Å². The molecule has 148 valence electrons. The Kier molecular flexibility index (Phi) is 5.99. The minimum Gasteiger partial charge on any atom is -0.323 e. The number of nitrogens with zero attached hydrogens (tertiary/aromatic N) is 2. The molecule has 27 heavy (non-hydrogen) atoms. The van der Waals surface area contributed by atoms with Gasteiger partial charge in [-0.2, -0.15) is 18.2 Å². The number of amides is 1. The van der Waals surface area contributed by atoms with Crippen LogP contribution in [0, 0.1) is 11.7 Å². The number of benzene rings is 1. The molecule has 3 nitrogen and oxygen atoms in total. The van der Waals surface area contributed by atoms with Crippen molar-refractivity contribution in [1.82, 2.24) is 4.57 Å². The normalized spacial score (nSPS) is 13.5. The maximum atomic E-state index is 14.2. The van der Waals surface area contributed by atoms with Gasteiger partial charge in [-0.3, -0.25) is 4.79 Å². The van der Waals surface area contributed by atoms with E-state index in [1.165, 1.54) is 11.3 Å². The Labute approximate surface area is 159 Å². The lowest BCUT2D eigenvalue weighted by Gasteiger charge is -2.14. The zero-order valence-electron chi connectivity index (χ0n) is 15.8. The Morgan fingerprint density at radius 3 is 2.37 bits per heavy atom. The third kappa shape index (κ3) is 5.06. The minimum atomic E-state index is -4.87.